The van der Waals surface area contributed by atoms with Gasteiger partial charge in [-0.3, -0.25) is 18.7 Å². The van der Waals surface area contributed by atoms with E-state index in [4.69, 9.17) is 10.1 Å². The number of aromatic nitrogens is 5. The molecule has 0 bridgehead atoms. The molecule has 0 fully saturated rings. The number of nitrogens with zero attached hydrogens (tertiary/aromatic N) is 5. The van der Waals surface area contributed by atoms with Crippen LogP contribution in [0.2, 0.25) is 0 Å². The minimum Gasteiger partial charge on any atom is -0.477 e. The molecule has 0 atom stereocenters. The first-order chi connectivity index (χ1) is 46.0. The molecular formula is C86H92F2Ir3N5O2-3. The van der Waals surface area contributed by atoms with E-state index in [-0.39, 0.29) is 88.2 Å². The largest absolute Gasteiger partial charge is 0.477 e. The smallest absolute Gasteiger partial charge is 0.354 e. The van der Waals surface area contributed by atoms with E-state index in [1.165, 1.54) is 152 Å². The number of rotatable bonds is 23. The molecule has 0 aliphatic heterocycles. The van der Waals surface area contributed by atoms with Crippen LogP contribution in [0, 0.1) is 29.8 Å². The Kier molecular flexibility index (Phi) is 34.7. The van der Waals surface area contributed by atoms with Gasteiger partial charge in [-0.25, -0.2) is 9.78 Å². The maximum absolute atomic E-state index is 13.7. The van der Waals surface area contributed by atoms with Crippen LogP contribution in [0.15, 0.2) is 213 Å². The molecule has 0 unspecified atom stereocenters. The van der Waals surface area contributed by atoms with Gasteiger partial charge in [0.2, 0.25) is 0 Å². The number of aryl methyl sites for hydroxylation is 2. The van der Waals surface area contributed by atoms with Gasteiger partial charge in [0.15, 0.2) is 0 Å². The predicted octanol–water partition coefficient (Wildman–Crippen LogP) is 23.4. The van der Waals surface area contributed by atoms with E-state index in [2.05, 4.69) is 221 Å². The third-order valence-corrected chi connectivity index (χ3v) is 16.8. The number of aromatic carboxylic acids is 1. The topological polar surface area (TPSA) is 102 Å². The third-order valence-electron chi connectivity index (χ3n) is 16.8. The number of pyridine rings is 3. The SMILES string of the molecule is CC(C)(C)c1ccc(-c2cc(-c3ccc(C(C)(C)C)cc3)cc(-c3cc[c-]c(-c4nccc5ccccc45)c3)c2)cc1.CCCCCCCCCCc1cnc(-c2[c-]cc(F)cc2F)nc1.CCCCCCCCc1c[c-]c(-c2ccccn2)cc1.O=C(O)c1ccccn1.[Ir].[Ir].[Ir]. The molecule has 3 radical (unpaired) electrons. The third kappa shape index (κ3) is 25.7. The Morgan fingerprint density at radius 3 is 1.48 bits per heavy atom. The number of carboxylic acids is 1. The van der Waals surface area contributed by atoms with Crippen molar-refractivity contribution >= 4 is 16.7 Å². The van der Waals surface area contributed by atoms with Gasteiger partial charge < -0.3 is 15.1 Å². The van der Waals surface area contributed by atoms with Gasteiger partial charge in [-0.05, 0) is 133 Å². The molecule has 517 valence electrons. The van der Waals surface area contributed by atoms with Gasteiger partial charge in [0, 0.05) is 103 Å². The average molecular weight is 1840 g/mol. The van der Waals surface area contributed by atoms with Crippen molar-refractivity contribution in [2.75, 3.05) is 0 Å². The van der Waals surface area contributed by atoms with Crippen molar-refractivity contribution in [1.82, 2.24) is 24.9 Å². The quantitative estimate of drug-likeness (QED) is 0.0503. The Morgan fingerprint density at radius 1 is 0.449 bits per heavy atom. The molecule has 1 N–H and O–H groups in total. The Morgan fingerprint density at radius 2 is 0.980 bits per heavy atom. The minimum absolute atomic E-state index is 0. The van der Waals surface area contributed by atoms with E-state index in [1.807, 2.05) is 36.7 Å². The number of hydrogen-bond acceptors (Lipinski definition) is 6. The van der Waals surface area contributed by atoms with Gasteiger partial charge in [-0.1, -0.05) is 248 Å². The number of benzene rings is 7. The maximum Gasteiger partial charge on any atom is 0.354 e. The number of halogens is 2. The summed E-state index contributed by atoms with van der Waals surface area (Å²) in [7, 11) is 0. The summed E-state index contributed by atoms with van der Waals surface area (Å²) in [6.07, 6.45) is 29.1. The average Bonchev–Trinajstić information content (AvgIpc) is 1.44. The Hall–Kier alpha value is -7.39. The molecule has 0 saturated carbocycles. The van der Waals surface area contributed by atoms with Gasteiger partial charge in [0.1, 0.15) is 5.69 Å². The number of hydrogen-bond donors (Lipinski definition) is 1. The van der Waals surface area contributed by atoms with Crippen LogP contribution in [0.1, 0.15) is 178 Å². The fraction of sp³-hybridized carbons (Fsp3) is 0.302. The normalized spacial score (nSPS) is 10.8. The summed E-state index contributed by atoms with van der Waals surface area (Å²) in [4.78, 5) is 31.2. The van der Waals surface area contributed by atoms with Crippen molar-refractivity contribution in [3.63, 3.8) is 0 Å². The van der Waals surface area contributed by atoms with Gasteiger partial charge in [-0.2, -0.15) is 0 Å². The molecule has 4 aromatic heterocycles. The molecule has 11 aromatic rings. The fourth-order valence-electron chi connectivity index (χ4n) is 11.2. The van der Waals surface area contributed by atoms with E-state index in [1.54, 1.807) is 24.5 Å². The zero-order chi connectivity index (χ0) is 67.4. The van der Waals surface area contributed by atoms with E-state index in [0.717, 1.165) is 64.0 Å². The second kappa shape index (κ2) is 41.9. The van der Waals surface area contributed by atoms with E-state index in [9.17, 15) is 13.6 Å². The molecule has 98 heavy (non-hydrogen) atoms. The zero-order valence-electron chi connectivity index (χ0n) is 57.9. The second-order valence-corrected chi connectivity index (χ2v) is 26.4. The summed E-state index contributed by atoms with van der Waals surface area (Å²) >= 11 is 0. The molecule has 7 nitrogen and oxygen atoms in total. The number of fused-ring (bicyclic) bond motifs is 1. The second-order valence-electron chi connectivity index (χ2n) is 26.4. The van der Waals surface area contributed by atoms with Crippen LogP contribution in [0.25, 0.3) is 78.1 Å². The molecule has 0 amide bonds. The van der Waals surface area contributed by atoms with E-state index < -0.39 is 17.6 Å². The van der Waals surface area contributed by atoms with Crippen LogP contribution in [0.5, 0.6) is 0 Å². The van der Waals surface area contributed by atoms with Crippen LogP contribution in [-0.4, -0.2) is 36.0 Å². The van der Waals surface area contributed by atoms with E-state index in [0.29, 0.717) is 0 Å². The molecule has 7 aromatic carbocycles. The monoisotopic (exact) mass is 1840 g/mol. The van der Waals surface area contributed by atoms with Crippen molar-refractivity contribution in [3.8, 4) is 67.3 Å². The first-order valence-electron chi connectivity index (χ1n) is 33.9. The maximum atomic E-state index is 13.7. The van der Waals surface area contributed by atoms with Crippen molar-refractivity contribution in [3.05, 3.63) is 271 Å². The van der Waals surface area contributed by atoms with Gasteiger partial charge >= 0.3 is 5.97 Å². The van der Waals surface area contributed by atoms with Crippen molar-refractivity contribution < 1.29 is 79.0 Å². The van der Waals surface area contributed by atoms with Gasteiger partial charge in [-0.15, -0.1) is 82.9 Å². The van der Waals surface area contributed by atoms with Crippen LogP contribution in [0.3, 0.4) is 0 Å². The Balaban J connectivity index is 0.000000263. The van der Waals surface area contributed by atoms with E-state index >= 15 is 0 Å². The molecule has 0 aliphatic carbocycles. The Labute approximate surface area is 622 Å². The summed E-state index contributed by atoms with van der Waals surface area (Å²) in [6, 6.07) is 70.4. The molecule has 11 rings (SSSR count). The van der Waals surface area contributed by atoms with Gasteiger partial charge in [0.05, 0.1) is 5.82 Å². The first kappa shape index (κ1) is 81.3. The first-order valence-corrected chi connectivity index (χ1v) is 33.9. The van der Waals surface area contributed by atoms with Gasteiger partial charge in [0.25, 0.3) is 0 Å². The zero-order valence-corrected chi connectivity index (χ0v) is 65.1. The number of carbonyl (C=O) groups is 1. The molecule has 0 saturated heterocycles. The molecule has 0 spiro atoms. The van der Waals surface area contributed by atoms with Crippen molar-refractivity contribution in [1.29, 1.82) is 0 Å². The fourth-order valence-corrected chi connectivity index (χ4v) is 11.2. The summed E-state index contributed by atoms with van der Waals surface area (Å²) in [5, 5.41) is 10.6. The van der Waals surface area contributed by atoms with Crippen LogP contribution < -0.4 is 0 Å². The van der Waals surface area contributed by atoms with Crippen molar-refractivity contribution in [2.24, 2.45) is 0 Å². The summed E-state index contributed by atoms with van der Waals surface area (Å²) < 4.78 is 26.6. The molecule has 12 heteroatoms. The minimum atomic E-state index is -0.990. The summed E-state index contributed by atoms with van der Waals surface area (Å²) in [6.45, 7) is 18.1. The Bertz CT molecular complexity index is 4030. The summed E-state index contributed by atoms with van der Waals surface area (Å²) in [5.74, 6) is -2.09. The number of carboxylic acid groups (broad SMARTS) is 1. The standard InChI is InChI=1S/C41H38N.C20H25F2N2.C19H24N.C6H5NO2.3Ir/c1-40(2,3)36-18-14-28(15-19-36)33-25-34(29-16-20-37(21-17-29)41(4,5)6)27-35(26-33)31-11-9-12-32(24-31)39-38-13-8-7-10-30(38)22-23-42-39;1-2-3-4-5-6-7-8-9-10-16-14-23-20(24-15-16)18-12-11-17(21)13-19(18)22;1-2-3-4-5-6-7-10-17-12-14-18(15-13-17)19-11-8-9-16-20-19;8-6(9)5-3-1-2-4-7-5;;;/h7-11,13-27H,1-6H3;11,13-15H,2-10H2,1H3;8-9,11-14,16H,2-7,10H2,1H3;1-4H,(H,8,9);;;/q3*-1;;;;. The molecule has 0 aliphatic rings. The van der Waals surface area contributed by atoms with Crippen LogP contribution in [-0.2, 0) is 84.0 Å². The van der Waals surface area contributed by atoms with Crippen molar-refractivity contribution in [2.45, 2.75) is 169 Å². The number of unbranched alkanes of at least 4 members (excludes halogenated alkanes) is 12. The summed E-state index contributed by atoms with van der Waals surface area (Å²) in [5.41, 5.74) is 16.8. The van der Waals surface area contributed by atoms with Crippen LogP contribution >= 0.6 is 0 Å². The predicted molar refractivity (Wildman–Crippen MR) is 389 cm³/mol. The molecule has 4 heterocycles. The van der Waals surface area contributed by atoms with Crippen LogP contribution in [0.4, 0.5) is 8.78 Å². The molecular weight excluding hydrogens is 1750 g/mol.